The molecule has 1 aromatic heterocycles. The zero-order valence-electron chi connectivity index (χ0n) is 15.8. The Morgan fingerprint density at radius 2 is 1.81 bits per heavy atom. The van der Waals surface area contributed by atoms with Gasteiger partial charge in [0, 0.05) is 37.0 Å². The number of aromatic nitrogens is 2. The van der Waals surface area contributed by atoms with Gasteiger partial charge in [0.2, 0.25) is 5.95 Å². The standard InChI is InChI=1S/C21H23ClN4O/c1-21(2,3)17-8-5-16(6-9-17)7-10-19(27)25-13-14-26(18(22)15-25)20-23-11-4-12-24-20/h4-6,8-9,11-12,18H,13-15H2,1-3H3. The summed E-state index contributed by atoms with van der Waals surface area (Å²) in [6, 6.07) is 9.78. The van der Waals surface area contributed by atoms with Crippen LogP contribution < -0.4 is 4.90 Å². The van der Waals surface area contributed by atoms with Gasteiger partial charge < -0.3 is 9.80 Å². The molecule has 5 nitrogen and oxygen atoms in total. The monoisotopic (exact) mass is 382 g/mol. The SMILES string of the molecule is CC(C)(C)c1ccc(C#CC(=O)N2CCN(c3ncccn3)C(Cl)C2)cc1. The summed E-state index contributed by atoms with van der Waals surface area (Å²) >= 11 is 6.44. The quantitative estimate of drug-likeness (QED) is 0.432. The van der Waals surface area contributed by atoms with Gasteiger partial charge in [-0.2, -0.15) is 0 Å². The molecule has 1 amide bonds. The van der Waals surface area contributed by atoms with E-state index in [-0.39, 0.29) is 16.8 Å². The number of anilines is 1. The molecule has 1 aliphatic heterocycles. The third kappa shape index (κ3) is 4.78. The van der Waals surface area contributed by atoms with E-state index in [9.17, 15) is 4.79 Å². The second kappa shape index (κ2) is 7.98. The highest BCUT2D eigenvalue weighted by Crippen LogP contribution is 2.22. The van der Waals surface area contributed by atoms with Crippen LogP contribution >= 0.6 is 11.6 Å². The summed E-state index contributed by atoms with van der Waals surface area (Å²) < 4.78 is 0. The van der Waals surface area contributed by atoms with Crippen LogP contribution in [0.25, 0.3) is 0 Å². The van der Waals surface area contributed by atoms with Crippen LogP contribution in [0, 0.1) is 11.8 Å². The third-order valence-corrected chi connectivity index (χ3v) is 4.85. The van der Waals surface area contributed by atoms with Gasteiger partial charge in [0.1, 0.15) is 5.50 Å². The number of hydrogen-bond acceptors (Lipinski definition) is 4. The summed E-state index contributed by atoms with van der Waals surface area (Å²) in [7, 11) is 0. The fraction of sp³-hybridized carbons (Fsp3) is 0.381. The molecule has 1 aliphatic rings. The lowest BCUT2D eigenvalue weighted by molar-refractivity contribution is -0.125. The van der Waals surface area contributed by atoms with Crippen LogP contribution in [0.3, 0.4) is 0 Å². The van der Waals surface area contributed by atoms with Gasteiger partial charge in [-0.05, 0) is 29.2 Å². The Bertz CT molecular complexity index is 850. The van der Waals surface area contributed by atoms with Crippen molar-refractivity contribution in [1.82, 2.24) is 14.9 Å². The molecule has 2 heterocycles. The van der Waals surface area contributed by atoms with Crippen molar-refractivity contribution in [3.63, 3.8) is 0 Å². The molecule has 1 atom stereocenters. The first-order valence-electron chi connectivity index (χ1n) is 8.94. The number of hydrogen-bond donors (Lipinski definition) is 0. The van der Waals surface area contributed by atoms with Gasteiger partial charge in [-0.1, -0.05) is 50.4 Å². The van der Waals surface area contributed by atoms with Gasteiger partial charge in [0.05, 0.1) is 6.54 Å². The second-order valence-electron chi connectivity index (χ2n) is 7.51. The molecule has 0 radical (unpaired) electrons. The van der Waals surface area contributed by atoms with Crippen LogP contribution in [0.5, 0.6) is 0 Å². The molecule has 3 rings (SSSR count). The van der Waals surface area contributed by atoms with E-state index in [0.717, 1.165) is 5.56 Å². The summed E-state index contributed by atoms with van der Waals surface area (Å²) in [6.07, 6.45) is 3.36. The van der Waals surface area contributed by atoms with Gasteiger partial charge in [0.15, 0.2) is 0 Å². The first-order valence-corrected chi connectivity index (χ1v) is 9.37. The summed E-state index contributed by atoms with van der Waals surface area (Å²) in [4.78, 5) is 24.4. The number of alkyl halides is 1. The van der Waals surface area contributed by atoms with E-state index in [4.69, 9.17) is 11.6 Å². The Hall–Kier alpha value is -2.58. The smallest absolute Gasteiger partial charge is 0.299 e. The molecule has 1 unspecified atom stereocenters. The number of halogens is 1. The maximum Gasteiger partial charge on any atom is 0.299 e. The second-order valence-corrected chi connectivity index (χ2v) is 8.01. The lowest BCUT2D eigenvalue weighted by atomic mass is 9.87. The van der Waals surface area contributed by atoms with Crippen molar-refractivity contribution in [2.45, 2.75) is 31.7 Å². The Morgan fingerprint density at radius 1 is 1.15 bits per heavy atom. The van der Waals surface area contributed by atoms with E-state index in [1.54, 1.807) is 23.4 Å². The summed E-state index contributed by atoms with van der Waals surface area (Å²) in [5.41, 5.74) is 1.79. The maximum atomic E-state index is 12.4. The van der Waals surface area contributed by atoms with E-state index < -0.39 is 0 Å². The zero-order chi connectivity index (χ0) is 19.4. The Morgan fingerprint density at radius 3 is 2.41 bits per heavy atom. The molecule has 140 valence electrons. The molecule has 0 bridgehead atoms. The predicted molar refractivity (Wildman–Crippen MR) is 108 cm³/mol. The average molecular weight is 383 g/mol. The van der Waals surface area contributed by atoms with Crippen molar-refractivity contribution < 1.29 is 4.79 Å². The first-order chi connectivity index (χ1) is 12.8. The van der Waals surface area contributed by atoms with Crippen molar-refractivity contribution >= 4 is 23.5 Å². The van der Waals surface area contributed by atoms with E-state index >= 15 is 0 Å². The largest absolute Gasteiger partial charge is 0.327 e. The highest BCUT2D eigenvalue weighted by atomic mass is 35.5. The van der Waals surface area contributed by atoms with E-state index in [0.29, 0.717) is 25.6 Å². The number of nitrogens with zero attached hydrogens (tertiary/aromatic N) is 4. The highest BCUT2D eigenvalue weighted by Gasteiger charge is 2.29. The van der Waals surface area contributed by atoms with Crippen molar-refractivity contribution in [2.75, 3.05) is 24.5 Å². The molecule has 2 aromatic rings. The number of carbonyl (C=O) groups is 1. The minimum absolute atomic E-state index is 0.0965. The zero-order valence-corrected chi connectivity index (χ0v) is 16.6. The normalized spacial score (nSPS) is 17.3. The topological polar surface area (TPSA) is 49.3 Å². The van der Waals surface area contributed by atoms with Gasteiger partial charge >= 0.3 is 0 Å². The van der Waals surface area contributed by atoms with Crippen molar-refractivity contribution in [2.24, 2.45) is 0 Å². The van der Waals surface area contributed by atoms with Gasteiger partial charge in [-0.15, -0.1) is 0 Å². The lowest BCUT2D eigenvalue weighted by Crippen LogP contribution is -2.53. The van der Waals surface area contributed by atoms with E-state index in [1.807, 2.05) is 17.0 Å². The fourth-order valence-corrected chi connectivity index (χ4v) is 3.20. The molecule has 0 N–H and O–H groups in total. The van der Waals surface area contributed by atoms with Gasteiger partial charge in [-0.25, -0.2) is 9.97 Å². The molecule has 6 heteroatoms. The van der Waals surface area contributed by atoms with Gasteiger partial charge in [-0.3, -0.25) is 4.79 Å². The lowest BCUT2D eigenvalue weighted by Gasteiger charge is -2.37. The van der Waals surface area contributed by atoms with Crippen LogP contribution in [0.2, 0.25) is 0 Å². The minimum atomic E-state index is -0.377. The van der Waals surface area contributed by atoms with Crippen LogP contribution in [0.15, 0.2) is 42.7 Å². The Balaban J connectivity index is 1.62. The molecule has 0 saturated carbocycles. The molecule has 1 fully saturated rings. The summed E-state index contributed by atoms with van der Waals surface area (Å²) in [6.45, 7) is 8.00. The molecule has 0 spiro atoms. The van der Waals surface area contributed by atoms with Crippen molar-refractivity contribution in [1.29, 1.82) is 0 Å². The summed E-state index contributed by atoms with van der Waals surface area (Å²) in [5.74, 6) is 6.05. The molecular formula is C21H23ClN4O. The highest BCUT2D eigenvalue weighted by molar-refractivity contribution is 6.22. The van der Waals surface area contributed by atoms with Crippen LogP contribution in [0.4, 0.5) is 5.95 Å². The van der Waals surface area contributed by atoms with Gasteiger partial charge in [0.25, 0.3) is 5.91 Å². The third-order valence-electron chi connectivity index (χ3n) is 4.48. The summed E-state index contributed by atoms with van der Waals surface area (Å²) in [5, 5.41) is 0. The number of benzene rings is 1. The fourth-order valence-electron chi connectivity index (χ4n) is 2.85. The maximum absolute atomic E-state index is 12.4. The van der Waals surface area contributed by atoms with E-state index in [2.05, 4.69) is 54.7 Å². The molecule has 1 saturated heterocycles. The average Bonchev–Trinajstić information content (AvgIpc) is 2.66. The van der Waals surface area contributed by atoms with Crippen LogP contribution in [-0.4, -0.2) is 45.9 Å². The number of carbonyl (C=O) groups excluding carboxylic acids is 1. The number of amides is 1. The Labute approximate surface area is 165 Å². The first kappa shape index (κ1) is 19.2. The Kier molecular flexibility index (Phi) is 5.67. The molecule has 27 heavy (non-hydrogen) atoms. The van der Waals surface area contributed by atoms with Crippen LogP contribution in [-0.2, 0) is 10.2 Å². The van der Waals surface area contributed by atoms with Crippen molar-refractivity contribution in [3.8, 4) is 11.8 Å². The molecule has 0 aliphatic carbocycles. The van der Waals surface area contributed by atoms with E-state index in [1.165, 1.54) is 5.56 Å². The number of rotatable bonds is 1. The molecule has 1 aromatic carbocycles. The molecular weight excluding hydrogens is 360 g/mol. The van der Waals surface area contributed by atoms with Crippen molar-refractivity contribution in [3.05, 3.63) is 53.9 Å². The number of piperazine rings is 1. The van der Waals surface area contributed by atoms with Crippen LogP contribution in [0.1, 0.15) is 31.9 Å². The predicted octanol–water partition coefficient (Wildman–Crippen LogP) is 3.04. The minimum Gasteiger partial charge on any atom is -0.327 e.